The van der Waals surface area contributed by atoms with E-state index in [0.717, 1.165) is 5.56 Å². The largest absolute Gasteiger partial charge is 0.478 e. The molecule has 7 N–H and O–H groups in total. The van der Waals surface area contributed by atoms with Crippen molar-refractivity contribution in [2.45, 2.75) is 37.8 Å². The Bertz CT molecular complexity index is 573. The Hall–Kier alpha value is -2.61. The first-order chi connectivity index (χ1) is 11.3. The van der Waals surface area contributed by atoms with E-state index in [2.05, 4.69) is 10.3 Å². The van der Waals surface area contributed by atoms with E-state index in [4.69, 9.17) is 16.6 Å². The zero-order chi connectivity index (χ0) is 18.0. The van der Waals surface area contributed by atoms with Crippen LogP contribution >= 0.6 is 0 Å². The van der Waals surface area contributed by atoms with E-state index in [1.807, 2.05) is 30.3 Å². The summed E-state index contributed by atoms with van der Waals surface area (Å²) >= 11 is 0. The molecule has 1 atom stereocenters. The highest BCUT2D eigenvalue weighted by molar-refractivity contribution is 5.85. The van der Waals surface area contributed by atoms with Gasteiger partial charge in [0.05, 0.1) is 0 Å². The van der Waals surface area contributed by atoms with E-state index in [1.54, 1.807) is 0 Å². The Morgan fingerprint density at radius 1 is 1.17 bits per heavy atom. The lowest BCUT2D eigenvalue weighted by molar-refractivity contribution is -0.166. The zero-order valence-corrected chi connectivity index (χ0v) is 13.4. The summed E-state index contributed by atoms with van der Waals surface area (Å²) in [5, 5.41) is 21.4. The Kier molecular flexibility index (Phi) is 7.70. The summed E-state index contributed by atoms with van der Waals surface area (Å²) in [7, 11) is 0. The van der Waals surface area contributed by atoms with Crippen LogP contribution in [0.4, 0.5) is 0 Å². The van der Waals surface area contributed by atoms with Crippen LogP contribution in [-0.4, -0.2) is 40.3 Å². The van der Waals surface area contributed by atoms with Gasteiger partial charge in [0.1, 0.15) is 0 Å². The number of carboxylic acids is 1. The lowest BCUT2D eigenvalue weighted by Gasteiger charge is -2.24. The maximum atomic E-state index is 11.9. The molecule has 132 valence electrons. The van der Waals surface area contributed by atoms with Gasteiger partial charge >= 0.3 is 5.97 Å². The number of aliphatic hydroxyl groups is 1. The number of aliphatic imine (C=N–C) groups is 1. The first kappa shape index (κ1) is 19.4. The molecule has 0 spiro atoms. The normalized spacial score (nSPS) is 12.9. The second kappa shape index (κ2) is 9.51. The highest BCUT2D eigenvalue weighted by Gasteiger charge is 2.36. The van der Waals surface area contributed by atoms with Gasteiger partial charge in [-0.25, -0.2) is 4.79 Å². The molecule has 0 saturated carbocycles. The van der Waals surface area contributed by atoms with E-state index in [1.165, 1.54) is 0 Å². The minimum absolute atomic E-state index is 0.112. The minimum atomic E-state index is -2.32. The van der Waals surface area contributed by atoms with Crippen LogP contribution in [-0.2, 0) is 16.0 Å². The highest BCUT2D eigenvalue weighted by Crippen LogP contribution is 2.12. The molecule has 0 aromatic heterocycles. The maximum absolute atomic E-state index is 11.9. The number of aliphatic carboxylic acids is 1. The smallest absolute Gasteiger partial charge is 0.357 e. The molecule has 8 nitrogen and oxygen atoms in total. The number of rotatable bonds is 10. The number of nitrogens with zero attached hydrogens (tertiary/aromatic N) is 1. The fourth-order valence-electron chi connectivity index (χ4n) is 2.16. The van der Waals surface area contributed by atoms with Crippen LogP contribution in [0.1, 0.15) is 31.2 Å². The first-order valence-corrected chi connectivity index (χ1v) is 7.69. The van der Waals surface area contributed by atoms with Crippen molar-refractivity contribution in [1.82, 2.24) is 5.32 Å². The molecule has 1 aromatic carbocycles. The Morgan fingerprint density at radius 2 is 1.83 bits per heavy atom. The number of guanidine groups is 1. The lowest BCUT2D eigenvalue weighted by atomic mass is 10.1. The Balaban J connectivity index is 2.43. The number of benzene rings is 1. The van der Waals surface area contributed by atoms with E-state index in [-0.39, 0.29) is 31.8 Å². The van der Waals surface area contributed by atoms with Crippen LogP contribution in [0.3, 0.4) is 0 Å². The molecule has 0 radical (unpaired) electrons. The number of hydrogen-bond acceptors (Lipinski definition) is 4. The molecule has 0 aliphatic heterocycles. The van der Waals surface area contributed by atoms with Gasteiger partial charge in [-0.2, -0.15) is 0 Å². The average molecular weight is 336 g/mol. The lowest BCUT2D eigenvalue weighted by Crippen LogP contribution is -2.54. The molecule has 0 saturated heterocycles. The minimum Gasteiger partial charge on any atom is -0.478 e. The van der Waals surface area contributed by atoms with Crippen LogP contribution in [0.5, 0.6) is 0 Å². The third-order valence-electron chi connectivity index (χ3n) is 3.40. The van der Waals surface area contributed by atoms with Crippen LogP contribution < -0.4 is 16.8 Å². The van der Waals surface area contributed by atoms with Crippen molar-refractivity contribution in [1.29, 1.82) is 0 Å². The van der Waals surface area contributed by atoms with Crippen LogP contribution in [0.2, 0.25) is 0 Å². The fraction of sp³-hybridized carbons (Fsp3) is 0.438. The van der Waals surface area contributed by atoms with E-state index in [9.17, 15) is 14.7 Å². The molecular weight excluding hydrogens is 312 g/mol. The molecule has 8 heteroatoms. The average Bonchev–Trinajstić information content (AvgIpc) is 2.52. The monoisotopic (exact) mass is 336 g/mol. The topological polar surface area (TPSA) is 151 Å². The molecule has 0 aliphatic carbocycles. The van der Waals surface area contributed by atoms with Gasteiger partial charge in [0, 0.05) is 19.4 Å². The van der Waals surface area contributed by atoms with Gasteiger partial charge in [-0.05, 0) is 24.8 Å². The molecule has 0 unspecified atom stereocenters. The Labute approximate surface area is 140 Å². The molecule has 1 amide bonds. The number of carbonyl (C=O) groups is 2. The van der Waals surface area contributed by atoms with Crippen molar-refractivity contribution in [3.05, 3.63) is 35.9 Å². The van der Waals surface area contributed by atoms with Gasteiger partial charge in [-0.15, -0.1) is 0 Å². The van der Waals surface area contributed by atoms with Gasteiger partial charge in [-0.3, -0.25) is 9.79 Å². The summed E-state index contributed by atoms with van der Waals surface area (Å²) in [6.07, 6.45) is 1.40. The number of nitrogens with two attached hydrogens (primary N) is 2. The number of hydrogen-bond donors (Lipinski definition) is 5. The maximum Gasteiger partial charge on any atom is 0.357 e. The number of carboxylic acid groups (broad SMARTS) is 1. The predicted molar refractivity (Wildman–Crippen MR) is 90.0 cm³/mol. The second-order valence-corrected chi connectivity index (χ2v) is 5.46. The summed E-state index contributed by atoms with van der Waals surface area (Å²) in [5.74, 6) is -2.14. The van der Waals surface area contributed by atoms with Gasteiger partial charge in [0.2, 0.25) is 11.6 Å². The van der Waals surface area contributed by atoms with Crippen LogP contribution in [0, 0.1) is 0 Å². The summed E-state index contributed by atoms with van der Waals surface area (Å²) in [6, 6.07) is 9.64. The van der Waals surface area contributed by atoms with E-state index in [0.29, 0.717) is 12.8 Å². The molecule has 0 bridgehead atoms. The zero-order valence-electron chi connectivity index (χ0n) is 13.4. The number of nitrogens with one attached hydrogen (secondary N) is 1. The third kappa shape index (κ3) is 7.10. The van der Waals surface area contributed by atoms with Crippen molar-refractivity contribution < 1.29 is 19.8 Å². The molecule has 0 fully saturated rings. The van der Waals surface area contributed by atoms with Gasteiger partial charge < -0.3 is 27.0 Å². The predicted octanol–water partition coefficient (Wildman–Crippen LogP) is -0.0477. The van der Waals surface area contributed by atoms with Gasteiger partial charge in [0.15, 0.2) is 5.96 Å². The highest BCUT2D eigenvalue weighted by atomic mass is 16.4. The van der Waals surface area contributed by atoms with Crippen LogP contribution in [0.25, 0.3) is 0 Å². The van der Waals surface area contributed by atoms with E-state index < -0.39 is 17.6 Å². The van der Waals surface area contributed by atoms with Gasteiger partial charge in [0.25, 0.3) is 0 Å². The quantitative estimate of drug-likeness (QED) is 0.175. The van der Waals surface area contributed by atoms with Crippen molar-refractivity contribution in [2.75, 3.05) is 6.54 Å². The van der Waals surface area contributed by atoms with Crippen LogP contribution in [0.15, 0.2) is 35.3 Å². The standard InChI is InChI=1S/C16H24N4O4/c17-15(18)19-11-5-10-16(24,14(22)23)20-13(21)9-4-8-12-6-2-1-3-7-12/h1-3,6-7,24H,4-5,8-11H2,(H,20,21)(H,22,23)(H4,17,18,19)/t16-/m0/s1. The summed E-state index contributed by atoms with van der Waals surface area (Å²) in [6.45, 7) is 0.168. The molecule has 1 rings (SSSR count). The molecule has 0 heterocycles. The fourth-order valence-corrected chi connectivity index (χ4v) is 2.16. The SMILES string of the molecule is NC(N)=NCCC[C@@](O)(NC(=O)CCCc1ccccc1)C(=O)O. The van der Waals surface area contributed by atoms with Crippen molar-refractivity contribution in [3.63, 3.8) is 0 Å². The molecule has 0 aliphatic rings. The van der Waals surface area contributed by atoms with Crippen molar-refractivity contribution in [3.8, 4) is 0 Å². The number of amides is 1. The third-order valence-corrected chi connectivity index (χ3v) is 3.40. The summed E-state index contributed by atoms with van der Waals surface area (Å²) in [4.78, 5) is 26.8. The second-order valence-electron chi connectivity index (χ2n) is 5.46. The summed E-state index contributed by atoms with van der Waals surface area (Å²) < 4.78 is 0. The summed E-state index contributed by atoms with van der Waals surface area (Å²) in [5.41, 5.74) is 9.11. The van der Waals surface area contributed by atoms with Gasteiger partial charge in [-0.1, -0.05) is 30.3 Å². The molecule has 1 aromatic rings. The molecule has 24 heavy (non-hydrogen) atoms. The molecular formula is C16H24N4O4. The Morgan fingerprint density at radius 3 is 2.42 bits per heavy atom. The first-order valence-electron chi connectivity index (χ1n) is 7.69. The number of carbonyl (C=O) groups excluding carboxylic acids is 1. The van der Waals surface area contributed by atoms with E-state index >= 15 is 0 Å². The van der Waals surface area contributed by atoms with Crippen molar-refractivity contribution >= 4 is 17.8 Å². The van der Waals surface area contributed by atoms with Crippen molar-refractivity contribution in [2.24, 2.45) is 16.5 Å². The number of aryl methyl sites for hydroxylation is 1.